The molecule has 1 fully saturated rings. The van der Waals surface area contributed by atoms with Crippen LogP contribution in [0, 0.1) is 11.8 Å². The molecule has 86 valence electrons. The lowest BCUT2D eigenvalue weighted by Gasteiger charge is -2.33. The molecule has 2 nitrogen and oxygen atoms in total. The van der Waals surface area contributed by atoms with Crippen molar-refractivity contribution in [2.45, 2.75) is 26.7 Å². The lowest BCUT2D eigenvalue weighted by Crippen LogP contribution is -2.28. The first kappa shape index (κ1) is 11.2. The Hall–Kier alpha value is -1.31. The van der Waals surface area contributed by atoms with E-state index in [1.807, 2.05) is 24.3 Å². The van der Waals surface area contributed by atoms with E-state index in [0.29, 0.717) is 5.92 Å². The van der Waals surface area contributed by atoms with Crippen molar-refractivity contribution in [2.75, 3.05) is 6.61 Å². The second-order valence-electron chi connectivity index (χ2n) is 4.71. The summed E-state index contributed by atoms with van der Waals surface area (Å²) in [6, 6.07) is 7.39. The standard InChI is InChI=1S/C14H18O2/c1-10-3-4-13(10)9-16-14-7-5-12(6-8-14)11(2)15/h5-8,10,13H,3-4,9H2,1-2H3/t10-,13+/m0/s1. The predicted molar refractivity (Wildman–Crippen MR) is 63.8 cm³/mol. The molecule has 1 aromatic rings. The second kappa shape index (κ2) is 4.69. The quantitative estimate of drug-likeness (QED) is 0.725. The molecule has 0 N–H and O–H groups in total. The van der Waals surface area contributed by atoms with Crippen molar-refractivity contribution in [2.24, 2.45) is 11.8 Å². The SMILES string of the molecule is CC(=O)c1ccc(OC[C@H]2CC[C@@H]2C)cc1. The molecule has 2 atom stereocenters. The molecule has 1 aliphatic carbocycles. The van der Waals surface area contributed by atoms with Gasteiger partial charge in [-0.1, -0.05) is 6.92 Å². The van der Waals surface area contributed by atoms with E-state index in [1.54, 1.807) is 6.92 Å². The summed E-state index contributed by atoms with van der Waals surface area (Å²) in [6.45, 7) is 4.66. The number of hydrogen-bond acceptors (Lipinski definition) is 2. The Morgan fingerprint density at radius 2 is 2.00 bits per heavy atom. The summed E-state index contributed by atoms with van der Waals surface area (Å²) in [5.74, 6) is 2.48. The van der Waals surface area contributed by atoms with Crippen LogP contribution in [0.25, 0.3) is 0 Å². The zero-order valence-electron chi connectivity index (χ0n) is 9.90. The highest BCUT2D eigenvalue weighted by atomic mass is 16.5. The molecule has 1 aliphatic rings. The van der Waals surface area contributed by atoms with Gasteiger partial charge in [0.15, 0.2) is 5.78 Å². The molecule has 1 aromatic carbocycles. The molecular formula is C14H18O2. The van der Waals surface area contributed by atoms with Gasteiger partial charge in [0, 0.05) is 5.56 Å². The summed E-state index contributed by atoms with van der Waals surface area (Å²) >= 11 is 0. The van der Waals surface area contributed by atoms with Crippen molar-refractivity contribution >= 4 is 5.78 Å². The lowest BCUT2D eigenvalue weighted by molar-refractivity contribution is 0.101. The molecule has 0 saturated heterocycles. The van der Waals surface area contributed by atoms with Gasteiger partial charge in [-0.05, 0) is 55.9 Å². The van der Waals surface area contributed by atoms with Gasteiger partial charge < -0.3 is 4.74 Å². The molecule has 1 saturated carbocycles. The zero-order valence-corrected chi connectivity index (χ0v) is 9.90. The van der Waals surface area contributed by atoms with Crippen molar-refractivity contribution in [3.63, 3.8) is 0 Å². The fraction of sp³-hybridized carbons (Fsp3) is 0.500. The van der Waals surface area contributed by atoms with Crippen LogP contribution >= 0.6 is 0 Å². The molecule has 0 heterocycles. The number of hydrogen-bond donors (Lipinski definition) is 0. The predicted octanol–water partition coefficient (Wildman–Crippen LogP) is 3.31. The van der Waals surface area contributed by atoms with Crippen LogP contribution in [-0.2, 0) is 0 Å². The van der Waals surface area contributed by atoms with Crippen LogP contribution in [0.3, 0.4) is 0 Å². The van der Waals surface area contributed by atoms with Crippen LogP contribution in [0.15, 0.2) is 24.3 Å². The molecule has 0 spiro atoms. The molecule has 0 unspecified atom stereocenters. The molecule has 0 radical (unpaired) electrons. The third-order valence-corrected chi connectivity index (χ3v) is 3.52. The summed E-state index contributed by atoms with van der Waals surface area (Å²) in [5, 5.41) is 0. The second-order valence-corrected chi connectivity index (χ2v) is 4.71. The van der Waals surface area contributed by atoms with Gasteiger partial charge in [0.05, 0.1) is 6.61 Å². The molecule has 2 rings (SSSR count). The average molecular weight is 218 g/mol. The van der Waals surface area contributed by atoms with E-state index < -0.39 is 0 Å². The number of ketones is 1. The summed E-state index contributed by atoms with van der Waals surface area (Å²) in [5.41, 5.74) is 0.740. The van der Waals surface area contributed by atoms with Gasteiger partial charge in [-0.25, -0.2) is 0 Å². The Balaban J connectivity index is 1.87. The average Bonchev–Trinajstić information content (AvgIpc) is 2.28. The number of carbonyl (C=O) groups excluding carboxylic acids is 1. The van der Waals surface area contributed by atoms with Gasteiger partial charge in [0.2, 0.25) is 0 Å². The molecule has 2 heteroatoms. The van der Waals surface area contributed by atoms with E-state index in [-0.39, 0.29) is 5.78 Å². The van der Waals surface area contributed by atoms with Crippen LogP contribution in [0.2, 0.25) is 0 Å². The summed E-state index contributed by atoms with van der Waals surface area (Å²) in [6.07, 6.45) is 2.62. The minimum Gasteiger partial charge on any atom is -0.493 e. The van der Waals surface area contributed by atoms with Gasteiger partial charge in [-0.2, -0.15) is 0 Å². The monoisotopic (exact) mass is 218 g/mol. The van der Waals surface area contributed by atoms with E-state index in [1.165, 1.54) is 12.8 Å². The number of rotatable bonds is 4. The van der Waals surface area contributed by atoms with Gasteiger partial charge in [0.1, 0.15) is 5.75 Å². The van der Waals surface area contributed by atoms with E-state index in [0.717, 1.165) is 23.8 Å². The van der Waals surface area contributed by atoms with Gasteiger partial charge >= 0.3 is 0 Å². The van der Waals surface area contributed by atoms with E-state index in [2.05, 4.69) is 6.92 Å². The van der Waals surface area contributed by atoms with Crippen LogP contribution in [0.5, 0.6) is 5.75 Å². The first-order valence-corrected chi connectivity index (χ1v) is 5.90. The summed E-state index contributed by atoms with van der Waals surface area (Å²) in [7, 11) is 0. The maximum atomic E-state index is 11.1. The van der Waals surface area contributed by atoms with Gasteiger partial charge in [-0.15, -0.1) is 0 Å². The van der Waals surface area contributed by atoms with Crippen molar-refractivity contribution in [1.29, 1.82) is 0 Å². The van der Waals surface area contributed by atoms with Crippen LogP contribution in [0.1, 0.15) is 37.0 Å². The molecule has 0 amide bonds. The zero-order chi connectivity index (χ0) is 11.5. The maximum absolute atomic E-state index is 11.1. The molecule has 0 bridgehead atoms. The van der Waals surface area contributed by atoms with Gasteiger partial charge in [-0.3, -0.25) is 4.79 Å². The van der Waals surface area contributed by atoms with Crippen molar-refractivity contribution in [3.05, 3.63) is 29.8 Å². The van der Waals surface area contributed by atoms with Crippen molar-refractivity contribution in [3.8, 4) is 5.75 Å². The van der Waals surface area contributed by atoms with Crippen molar-refractivity contribution < 1.29 is 9.53 Å². The third-order valence-electron chi connectivity index (χ3n) is 3.52. The fourth-order valence-electron chi connectivity index (χ4n) is 1.97. The lowest BCUT2D eigenvalue weighted by atomic mass is 9.75. The minimum absolute atomic E-state index is 0.0964. The molecule has 16 heavy (non-hydrogen) atoms. The molecule has 0 aromatic heterocycles. The topological polar surface area (TPSA) is 26.3 Å². The summed E-state index contributed by atoms with van der Waals surface area (Å²) in [4.78, 5) is 11.1. The van der Waals surface area contributed by atoms with Gasteiger partial charge in [0.25, 0.3) is 0 Å². The molecular weight excluding hydrogens is 200 g/mol. The Labute approximate surface area is 96.6 Å². The Morgan fingerprint density at radius 1 is 1.31 bits per heavy atom. The number of carbonyl (C=O) groups is 1. The minimum atomic E-state index is 0.0964. The number of benzene rings is 1. The Morgan fingerprint density at radius 3 is 2.44 bits per heavy atom. The Kier molecular flexibility index (Phi) is 3.28. The van der Waals surface area contributed by atoms with Crippen molar-refractivity contribution in [1.82, 2.24) is 0 Å². The normalized spacial score (nSPS) is 23.6. The summed E-state index contributed by atoms with van der Waals surface area (Å²) < 4.78 is 5.70. The number of Topliss-reactive ketones (excluding diaryl/α,β-unsaturated/α-hetero) is 1. The van der Waals surface area contributed by atoms with Crippen LogP contribution in [0.4, 0.5) is 0 Å². The third kappa shape index (κ3) is 2.43. The smallest absolute Gasteiger partial charge is 0.159 e. The molecule has 0 aliphatic heterocycles. The first-order valence-electron chi connectivity index (χ1n) is 5.90. The Bertz CT molecular complexity index is 367. The highest BCUT2D eigenvalue weighted by Gasteiger charge is 2.26. The largest absolute Gasteiger partial charge is 0.493 e. The highest BCUT2D eigenvalue weighted by Crippen LogP contribution is 2.33. The fourth-order valence-corrected chi connectivity index (χ4v) is 1.97. The highest BCUT2D eigenvalue weighted by molar-refractivity contribution is 5.94. The van der Waals surface area contributed by atoms with E-state index >= 15 is 0 Å². The van der Waals surface area contributed by atoms with E-state index in [9.17, 15) is 4.79 Å². The maximum Gasteiger partial charge on any atom is 0.159 e. The first-order chi connectivity index (χ1) is 7.66. The number of ether oxygens (including phenoxy) is 1. The van der Waals surface area contributed by atoms with E-state index in [4.69, 9.17) is 4.74 Å². The van der Waals surface area contributed by atoms with Crippen LogP contribution in [-0.4, -0.2) is 12.4 Å². The van der Waals surface area contributed by atoms with Crippen LogP contribution < -0.4 is 4.74 Å².